The lowest BCUT2D eigenvalue weighted by atomic mass is 9.79. The van der Waals surface area contributed by atoms with E-state index in [1.165, 1.54) is 13.2 Å². The normalized spacial score (nSPS) is 11.2. The Balaban J connectivity index is 0.000000184. The highest BCUT2D eigenvalue weighted by Gasteiger charge is 2.25. The van der Waals surface area contributed by atoms with Gasteiger partial charge in [-0.1, -0.05) is 119 Å². The fourth-order valence-electron chi connectivity index (χ4n) is 6.85. The summed E-state index contributed by atoms with van der Waals surface area (Å²) < 4.78 is 9.69. The summed E-state index contributed by atoms with van der Waals surface area (Å²) in [6.45, 7) is 8.61. The Hall–Kier alpha value is -6.16. The minimum atomic E-state index is -1.51. The minimum absolute atomic E-state index is 0.00231. The second-order valence-electron chi connectivity index (χ2n) is 16.6. The molecule has 0 spiro atoms. The molecule has 0 amide bonds. The number of nitrogens with zero attached hydrogens (tertiary/aromatic N) is 4. The number of carbonyl (C=O) groups excluding carboxylic acids is 2. The molecule has 8 aromatic rings. The number of hydrogen-bond donors (Lipinski definition) is 4. The van der Waals surface area contributed by atoms with Crippen molar-refractivity contribution in [2.45, 2.75) is 52.2 Å². The molecule has 2 heterocycles. The van der Waals surface area contributed by atoms with E-state index >= 15 is 0 Å². The van der Waals surface area contributed by atoms with Crippen LogP contribution < -0.4 is 5.46 Å². The number of carbonyl (C=O) groups is 2. The van der Waals surface area contributed by atoms with Crippen molar-refractivity contribution in [2.24, 2.45) is 0 Å². The molecule has 0 aliphatic heterocycles. The van der Waals surface area contributed by atoms with Gasteiger partial charge in [0, 0.05) is 51.4 Å². The van der Waals surface area contributed by atoms with Gasteiger partial charge in [-0.25, -0.2) is 14.8 Å². The van der Waals surface area contributed by atoms with Crippen LogP contribution in [0.4, 0.5) is 0 Å². The summed E-state index contributed by atoms with van der Waals surface area (Å²) in [5.74, 6) is 0.983. The first-order chi connectivity index (χ1) is 32.3. The number of rotatable bonds is 11. The standard InChI is InChI=1S/C26H23ClN2O3.C18H16BrClN2O.C9H11BO3/c1-26(2,31)23-16-29(24(28-23)21-9-4-5-10-22(21)27)20-13-11-17(12-14-20)18-7-6-8-19(15-18)25(30)32-3;1-18(2,23)16-11-22(13-9-7-12(19)8-10-13)17(21-16)14-5-3-4-6-15(14)20;1-2-9(11)7-4-3-5-8(6-7)10(12)13/h4-16,31H,1-3H3;3-11,23H,1-2H3;3-6,12-13H,2H2,1H3. The van der Waals surface area contributed by atoms with Gasteiger partial charge in [-0.2, -0.15) is 0 Å². The maximum atomic E-state index is 11.9. The number of halogens is 3. The Labute approximate surface area is 414 Å². The number of esters is 1. The maximum Gasteiger partial charge on any atom is 0.488 e. The van der Waals surface area contributed by atoms with Crippen LogP contribution in [0.25, 0.3) is 45.3 Å². The first-order valence-electron chi connectivity index (χ1n) is 21.5. The van der Waals surface area contributed by atoms with Crippen molar-refractivity contribution in [3.63, 3.8) is 0 Å². The smallest absolute Gasteiger partial charge is 0.465 e. The highest BCUT2D eigenvalue weighted by atomic mass is 79.9. The van der Waals surface area contributed by atoms with Crippen LogP contribution in [0, 0.1) is 0 Å². The third-order valence-electron chi connectivity index (χ3n) is 10.6. The molecule has 8 rings (SSSR count). The quantitative estimate of drug-likeness (QED) is 0.0562. The SMILES string of the molecule is CC(C)(O)c1cn(-c2ccc(Br)cc2)c(-c2ccccc2Cl)n1.CCC(=O)c1cccc(B(O)O)c1.COC(=O)c1cccc(-c2ccc(-n3cc(C(C)(C)O)nc3-c3ccccc3Cl)cc2)c1. The zero-order chi connectivity index (χ0) is 49.3. The summed E-state index contributed by atoms with van der Waals surface area (Å²) in [6.07, 6.45) is 4.10. The summed E-state index contributed by atoms with van der Waals surface area (Å²) in [5.41, 5.74) is 5.67. The molecule has 4 N–H and O–H groups in total. The van der Waals surface area contributed by atoms with Gasteiger partial charge in [0.2, 0.25) is 0 Å². The second kappa shape index (κ2) is 22.3. The molecule has 2 aromatic heterocycles. The largest absolute Gasteiger partial charge is 0.488 e. The molecular formula is C53H50BBrCl2N4O7. The Morgan fingerprint density at radius 2 is 1.10 bits per heavy atom. The number of aliphatic hydroxyl groups is 2. The molecule has 0 saturated heterocycles. The summed E-state index contributed by atoms with van der Waals surface area (Å²) >= 11 is 16.2. The van der Waals surface area contributed by atoms with E-state index < -0.39 is 18.3 Å². The molecule has 6 aromatic carbocycles. The van der Waals surface area contributed by atoms with E-state index in [1.807, 2.05) is 131 Å². The van der Waals surface area contributed by atoms with E-state index in [0.29, 0.717) is 56.1 Å². The van der Waals surface area contributed by atoms with E-state index in [9.17, 15) is 19.8 Å². The van der Waals surface area contributed by atoms with E-state index in [4.69, 9.17) is 38.0 Å². The number of benzene rings is 6. The summed E-state index contributed by atoms with van der Waals surface area (Å²) in [4.78, 5) is 32.4. The predicted molar refractivity (Wildman–Crippen MR) is 274 cm³/mol. The fourth-order valence-corrected chi connectivity index (χ4v) is 7.55. The zero-order valence-corrected chi connectivity index (χ0v) is 41.3. The molecule has 0 aliphatic rings. The van der Waals surface area contributed by atoms with Gasteiger partial charge in [0.25, 0.3) is 0 Å². The Morgan fingerprint density at radius 3 is 1.56 bits per heavy atom. The summed E-state index contributed by atoms with van der Waals surface area (Å²) in [7, 11) is -0.141. The van der Waals surface area contributed by atoms with Crippen LogP contribution in [0.15, 0.2) is 162 Å². The molecule has 0 saturated carbocycles. The molecule has 68 heavy (non-hydrogen) atoms. The average Bonchev–Trinajstić information content (AvgIpc) is 3.99. The van der Waals surface area contributed by atoms with Gasteiger partial charge in [0.15, 0.2) is 5.78 Å². The Kier molecular flexibility index (Phi) is 16.8. The summed E-state index contributed by atoms with van der Waals surface area (Å²) in [6, 6.07) is 44.5. The molecule has 0 bridgehead atoms. The minimum Gasteiger partial charge on any atom is -0.465 e. The van der Waals surface area contributed by atoms with Gasteiger partial charge in [-0.15, -0.1) is 0 Å². The van der Waals surface area contributed by atoms with Crippen LogP contribution in [0.3, 0.4) is 0 Å². The Morgan fingerprint density at radius 1 is 0.632 bits per heavy atom. The van der Waals surface area contributed by atoms with Crippen molar-refractivity contribution in [3.8, 4) is 45.3 Å². The van der Waals surface area contributed by atoms with Crippen LogP contribution in [0.1, 0.15) is 73.1 Å². The van der Waals surface area contributed by atoms with Gasteiger partial charge in [0.1, 0.15) is 22.9 Å². The first-order valence-corrected chi connectivity index (χ1v) is 23.0. The van der Waals surface area contributed by atoms with Crippen LogP contribution in [-0.2, 0) is 15.9 Å². The Bertz CT molecular complexity index is 3010. The van der Waals surface area contributed by atoms with E-state index in [0.717, 1.165) is 38.1 Å². The number of aromatic nitrogens is 4. The highest BCUT2D eigenvalue weighted by molar-refractivity contribution is 9.10. The van der Waals surface area contributed by atoms with Crippen molar-refractivity contribution in [1.82, 2.24) is 19.1 Å². The molecule has 0 radical (unpaired) electrons. The van der Waals surface area contributed by atoms with Crippen LogP contribution in [0.2, 0.25) is 10.0 Å². The summed E-state index contributed by atoms with van der Waals surface area (Å²) in [5, 5.41) is 39.7. The predicted octanol–water partition coefficient (Wildman–Crippen LogP) is 11.0. The molecule has 11 nitrogen and oxygen atoms in total. The lowest BCUT2D eigenvalue weighted by molar-refractivity contribution is 0.0600. The van der Waals surface area contributed by atoms with Gasteiger partial charge >= 0.3 is 13.1 Å². The highest BCUT2D eigenvalue weighted by Crippen LogP contribution is 2.34. The van der Waals surface area contributed by atoms with Gasteiger partial charge in [-0.3, -0.25) is 13.9 Å². The maximum absolute atomic E-state index is 11.9. The van der Waals surface area contributed by atoms with Crippen LogP contribution in [-0.4, -0.2) is 65.3 Å². The van der Waals surface area contributed by atoms with Crippen molar-refractivity contribution in [3.05, 3.63) is 195 Å². The van der Waals surface area contributed by atoms with Crippen molar-refractivity contribution >= 4 is 63.5 Å². The average molecular weight is 1020 g/mol. The van der Waals surface area contributed by atoms with Gasteiger partial charge in [-0.05, 0) is 117 Å². The number of methoxy groups -OCH3 is 1. The molecule has 348 valence electrons. The van der Waals surface area contributed by atoms with Gasteiger partial charge < -0.3 is 25.0 Å². The topological polar surface area (TPSA) is 160 Å². The number of imidazole rings is 2. The monoisotopic (exact) mass is 1010 g/mol. The third-order valence-corrected chi connectivity index (χ3v) is 11.8. The number of hydrogen-bond acceptors (Lipinski definition) is 9. The molecular weight excluding hydrogens is 966 g/mol. The van der Waals surface area contributed by atoms with Crippen molar-refractivity contribution in [2.75, 3.05) is 7.11 Å². The van der Waals surface area contributed by atoms with Crippen LogP contribution >= 0.6 is 39.1 Å². The molecule has 0 atom stereocenters. The molecule has 0 unspecified atom stereocenters. The lowest BCUT2D eigenvalue weighted by Crippen LogP contribution is -2.30. The third kappa shape index (κ3) is 12.7. The number of Topliss-reactive ketones (excluding diaryl/α,β-unsaturated/α-hetero) is 1. The lowest BCUT2D eigenvalue weighted by Gasteiger charge is -2.13. The van der Waals surface area contributed by atoms with Crippen molar-refractivity contribution < 1.29 is 34.6 Å². The van der Waals surface area contributed by atoms with E-state index in [2.05, 4.69) is 25.9 Å². The zero-order valence-electron chi connectivity index (χ0n) is 38.2. The molecule has 15 heteroatoms. The first kappa shape index (κ1) is 51.2. The van der Waals surface area contributed by atoms with Crippen LogP contribution in [0.5, 0.6) is 0 Å². The number of ketones is 1. The second-order valence-corrected chi connectivity index (χ2v) is 18.3. The van der Waals surface area contributed by atoms with Gasteiger partial charge in [0.05, 0.1) is 34.1 Å². The molecule has 0 fully saturated rings. The number of ether oxygens (including phenoxy) is 1. The molecule has 0 aliphatic carbocycles. The van der Waals surface area contributed by atoms with Crippen molar-refractivity contribution in [1.29, 1.82) is 0 Å². The van der Waals surface area contributed by atoms with E-state index in [1.54, 1.807) is 65.0 Å². The van der Waals surface area contributed by atoms with E-state index in [-0.39, 0.29) is 11.8 Å². The fraction of sp³-hybridized carbons (Fsp3) is 0.170.